The Morgan fingerprint density at radius 3 is 1.80 bits per heavy atom. The third-order valence-electron chi connectivity index (χ3n) is 3.36. The van der Waals surface area contributed by atoms with Crippen LogP contribution in [0.5, 0.6) is 0 Å². The van der Waals surface area contributed by atoms with Gasteiger partial charge in [0.25, 0.3) is 0 Å². The topological polar surface area (TPSA) is 12.0 Å². The average molecular weight is 213 g/mol. The van der Waals surface area contributed by atoms with Gasteiger partial charge in [0, 0.05) is 12.1 Å². The molecule has 1 heteroatoms. The summed E-state index contributed by atoms with van der Waals surface area (Å²) in [4.78, 5) is 0. The Labute approximate surface area is 97.0 Å². The van der Waals surface area contributed by atoms with Gasteiger partial charge in [-0.15, -0.1) is 0 Å². The Bertz CT molecular complexity index is 134. The molecule has 0 saturated heterocycles. The third-order valence-corrected chi connectivity index (χ3v) is 3.36. The molecule has 0 amide bonds. The van der Waals surface area contributed by atoms with Crippen LogP contribution in [0.15, 0.2) is 0 Å². The molecule has 15 heavy (non-hydrogen) atoms. The summed E-state index contributed by atoms with van der Waals surface area (Å²) in [6.45, 7) is 13.2. The zero-order valence-corrected chi connectivity index (χ0v) is 11.6. The van der Waals surface area contributed by atoms with Gasteiger partial charge in [-0.05, 0) is 31.6 Å². The van der Waals surface area contributed by atoms with E-state index < -0.39 is 0 Å². The maximum absolute atomic E-state index is 3.63. The van der Waals surface area contributed by atoms with Gasteiger partial charge < -0.3 is 5.32 Å². The van der Waals surface area contributed by atoms with E-state index in [0.717, 1.165) is 11.8 Å². The maximum atomic E-state index is 3.63. The number of nitrogens with one attached hydrogen (secondary N) is 1. The van der Waals surface area contributed by atoms with Crippen LogP contribution in [0.3, 0.4) is 0 Å². The molecule has 1 N–H and O–H groups in total. The highest BCUT2D eigenvalue weighted by molar-refractivity contribution is 4.78. The van der Waals surface area contributed by atoms with Crippen molar-refractivity contribution in [2.45, 2.75) is 79.3 Å². The zero-order chi connectivity index (χ0) is 11.8. The molecule has 0 bridgehead atoms. The molecule has 1 fully saturated rings. The van der Waals surface area contributed by atoms with Crippen molar-refractivity contribution in [1.82, 2.24) is 5.32 Å². The molecule has 0 aromatic heterocycles. The molecule has 1 aliphatic carbocycles. The number of rotatable bonds is 3. The van der Waals surface area contributed by atoms with Crippen LogP contribution in [0.2, 0.25) is 0 Å². The van der Waals surface area contributed by atoms with E-state index in [-0.39, 0.29) is 0 Å². The Morgan fingerprint density at radius 1 is 0.933 bits per heavy atom. The minimum Gasteiger partial charge on any atom is -0.312 e. The Hall–Kier alpha value is -0.0400. The van der Waals surface area contributed by atoms with E-state index in [1.54, 1.807) is 0 Å². The minimum atomic E-state index is 0.634. The maximum Gasteiger partial charge on any atom is 0.00693 e. The predicted molar refractivity (Wildman–Crippen MR) is 70.2 cm³/mol. The summed E-state index contributed by atoms with van der Waals surface area (Å²) in [5.74, 6) is 1.90. The highest BCUT2D eigenvalue weighted by atomic mass is 14.9. The fourth-order valence-corrected chi connectivity index (χ4v) is 2.45. The molecule has 0 radical (unpaired) electrons. The second-order valence-corrected chi connectivity index (χ2v) is 5.13. The summed E-state index contributed by atoms with van der Waals surface area (Å²) in [6, 6.07) is 1.35. The molecule has 1 atom stereocenters. The van der Waals surface area contributed by atoms with Gasteiger partial charge in [-0.2, -0.15) is 0 Å². The first-order chi connectivity index (χ1) is 7.09. The van der Waals surface area contributed by atoms with Gasteiger partial charge in [-0.3, -0.25) is 0 Å². The van der Waals surface area contributed by atoms with E-state index in [1.165, 1.54) is 25.7 Å². The molecule has 0 aliphatic heterocycles. The quantitative estimate of drug-likeness (QED) is 0.740. The van der Waals surface area contributed by atoms with Crippen LogP contribution in [0.4, 0.5) is 0 Å². The highest BCUT2D eigenvalue weighted by Gasteiger charge is 2.23. The van der Waals surface area contributed by atoms with Crippen molar-refractivity contribution in [2.75, 3.05) is 0 Å². The largest absolute Gasteiger partial charge is 0.312 e. The molecule has 1 rings (SSSR count). The molecule has 0 unspecified atom stereocenters. The van der Waals surface area contributed by atoms with Crippen molar-refractivity contribution >= 4 is 0 Å². The molecule has 1 aliphatic rings. The summed E-state index contributed by atoms with van der Waals surface area (Å²) in [7, 11) is 0. The molecule has 0 aromatic rings. The van der Waals surface area contributed by atoms with Crippen LogP contribution in [-0.4, -0.2) is 12.1 Å². The van der Waals surface area contributed by atoms with Gasteiger partial charge in [0.1, 0.15) is 0 Å². The van der Waals surface area contributed by atoms with Gasteiger partial charge in [-0.25, -0.2) is 0 Å². The Balaban J connectivity index is 0.000000921. The standard InChI is InChI=1S/C12H25N.C2H6/c1-9(2)13-11(4)12-7-5-10(3)6-8-12;1-2/h9-13H,5-8H2,1-4H3;1-2H3/t10?,11-,12?;/m0./s1. The molecule has 92 valence electrons. The van der Waals surface area contributed by atoms with E-state index in [9.17, 15) is 0 Å². The summed E-state index contributed by atoms with van der Waals surface area (Å²) < 4.78 is 0. The van der Waals surface area contributed by atoms with Gasteiger partial charge in [0.15, 0.2) is 0 Å². The molecule has 0 aromatic carbocycles. The molecule has 1 saturated carbocycles. The molecule has 0 heterocycles. The summed E-state index contributed by atoms with van der Waals surface area (Å²) >= 11 is 0. The lowest BCUT2D eigenvalue weighted by molar-refractivity contribution is 0.232. The lowest BCUT2D eigenvalue weighted by Crippen LogP contribution is -2.39. The second kappa shape index (κ2) is 8.15. The van der Waals surface area contributed by atoms with Crippen molar-refractivity contribution < 1.29 is 0 Å². The lowest BCUT2D eigenvalue weighted by Gasteiger charge is -2.32. The Morgan fingerprint density at radius 2 is 1.40 bits per heavy atom. The van der Waals surface area contributed by atoms with E-state index >= 15 is 0 Å². The van der Waals surface area contributed by atoms with Crippen LogP contribution >= 0.6 is 0 Å². The fraction of sp³-hybridized carbons (Fsp3) is 1.00. The normalized spacial score (nSPS) is 28.2. The third kappa shape index (κ3) is 6.19. The smallest absolute Gasteiger partial charge is 0.00693 e. The van der Waals surface area contributed by atoms with Crippen LogP contribution in [0, 0.1) is 11.8 Å². The molecular weight excluding hydrogens is 182 g/mol. The fourth-order valence-electron chi connectivity index (χ4n) is 2.45. The van der Waals surface area contributed by atoms with Gasteiger partial charge in [0.2, 0.25) is 0 Å². The van der Waals surface area contributed by atoms with Gasteiger partial charge >= 0.3 is 0 Å². The highest BCUT2D eigenvalue weighted by Crippen LogP contribution is 2.30. The van der Waals surface area contributed by atoms with Crippen LogP contribution in [0.25, 0.3) is 0 Å². The van der Waals surface area contributed by atoms with E-state index in [1.807, 2.05) is 13.8 Å². The van der Waals surface area contributed by atoms with Crippen molar-refractivity contribution in [2.24, 2.45) is 11.8 Å². The van der Waals surface area contributed by atoms with E-state index in [4.69, 9.17) is 0 Å². The zero-order valence-electron chi connectivity index (χ0n) is 11.6. The minimum absolute atomic E-state index is 0.634. The summed E-state index contributed by atoms with van der Waals surface area (Å²) in [5, 5.41) is 3.63. The van der Waals surface area contributed by atoms with Crippen molar-refractivity contribution in [1.29, 1.82) is 0 Å². The van der Waals surface area contributed by atoms with E-state index in [0.29, 0.717) is 12.1 Å². The van der Waals surface area contributed by atoms with Crippen LogP contribution in [-0.2, 0) is 0 Å². The Kier molecular flexibility index (Phi) is 8.13. The monoisotopic (exact) mass is 213 g/mol. The average Bonchev–Trinajstić information content (AvgIpc) is 2.20. The first-order valence-corrected chi connectivity index (χ1v) is 6.85. The van der Waals surface area contributed by atoms with Crippen LogP contribution in [0.1, 0.15) is 67.2 Å². The molecule has 0 spiro atoms. The predicted octanol–water partition coefficient (Wildman–Crippen LogP) is 4.23. The lowest BCUT2D eigenvalue weighted by atomic mass is 9.79. The molecular formula is C14H31N. The van der Waals surface area contributed by atoms with Gasteiger partial charge in [-0.1, -0.05) is 47.5 Å². The van der Waals surface area contributed by atoms with Crippen molar-refractivity contribution in [3.63, 3.8) is 0 Å². The molecule has 1 nitrogen and oxygen atoms in total. The second-order valence-electron chi connectivity index (χ2n) is 5.13. The summed E-state index contributed by atoms with van der Waals surface area (Å²) in [6.07, 6.45) is 5.74. The van der Waals surface area contributed by atoms with Crippen molar-refractivity contribution in [3.8, 4) is 0 Å². The first kappa shape index (κ1) is 15.0. The summed E-state index contributed by atoms with van der Waals surface area (Å²) in [5.41, 5.74) is 0. The van der Waals surface area contributed by atoms with Crippen molar-refractivity contribution in [3.05, 3.63) is 0 Å². The SMILES string of the molecule is CC.CC1CCC([C@H](C)NC(C)C)CC1. The van der Waals surface area contributed by atoms with Gasteiger partial charge in [0.05, 0.1) is 0 Å². The first-order valence-electron chi connectivity index (χ1n) is 6.85. The van der Waals surface area contributed by atoms with Crippen LogP contribution < -0.4 is 5.32 Å². The number of hydrogen-bond acceptors (Lipinski definition) is 1. The van der Waals surface area contributed by atoms with E-state index in [2.05, 4.69) is 33.0 Å². The number of hydrogen-bond donors (Lipinski definition) is 1.